The lowest BCUT2D eigenvalue weighted by molar-refractivity contribution is 0.130. The molecule has 0 amide bonds. The van der Waals surface area contributed by atoms with Gasteiger partial charge in [-0.3, -0.25) is 0 Å². The van der Waals surface area contributed by atoms with Crippen LogP contribution in [0.3, 0.4) is 0 Å². The molecule has 0 fully saturated rings. The van der Waals surface area contributed by atoms with Gasteiger partial charge in [0.2, 0.25) is 0 Å². The van der Waals surface area contributed by atoms with Gasteiger partial charge in [0.05, 0.1) is 11.6 Å². The highest BCUT2D eigenvalue weighted by molar-refractivity contribution is 6.32. The van der Waals surface area contributed by atoms with Crippen LogP contribution in [-0.2, 0) is 0 Å². The molecule has 0 saturated heterocycles. The first-order valence-electron chi connectivity index (χ1n) is 5.13. The maximum Gasteiger partial charge on any atom is 0.137 e. The average molecular weight is 229 g/mol. The van der Waals surface area contributed by atoms with Crippen molar-refractivity contribution in [3.63, 3.8) is 0 Å². The Hall–Kier alpha value is -0.730. The summed E-state index contributed by atoms with van der Waals surface area (Å²) in [5, 5.41) is 9.74. The lowest BCUT2D eigenvalue weighted by Crippen LogP contribution is -2.21. The minimum atomic E-state index is 0.141. The van der Waals surface area contributed by atoms with Crippen LogP contribution in [0.25, 0.3) is 0 Å². The first kappa shape index (κ1) is 12.3. The number of benzene rings is 1. The fourth-order valence-corrected chi connectivity index (χ4v) is 1.40. The summed E-state index contributed by atoms with van der Waals surface area (Å²) in [6.07, 6.45) is 0. The van der Waals surface area contributed by atoms with E-state index in [4.69, 9.17) is 21.4 Å². The second kappa shape index (κ2) is 5.99. The topological polar surface area (TPSA) is 29.5 Å². The lowest BCUT2D eigenvalue weighted by Gasteiger charge is -2.19. The SMILES string of the molecule is CC(C)C(CO)COc1ccccc1Cl. The summed E-state index contributed by atoms with van der Waals surface area (Å²) in [4.78, 5) is 0. The Morgan fingerprint density at radius 1 is 1.33 bits per heavy atom. The number of ether oxygens (including phenoxy) is 1. The van der Waals surface area contributed by atoms with Gasteiger partial charge in [-0.2, -0.15) is 0 Å². The molecule has 2 nitrogen and oxygen atoms in total. The minimum absolute atomic E-state index is 0.141. The molecular weight excluding hydrogens is 212 g/mol. The van der Waals surface area contributed by atoms with Crippen LogP contribution in [0.15, 0.2) is 24.3 Å². The molecule has 15 heavy (non-hydrogen) atoms. The van der Waals surface area contributed by atoms with Gasteiger partial charge >= 0.3 is 0 Å². The van der Waals surface area contributed by atoms with Crippen LogP contribution < -0.4 is 4.74 Å². The maximum atomic E-state index is 9.13. The number of rotatable bonds is 5. The second-order valence-corrected chi connectivity index (χ2v) is 4.34. The molecule has 0 aromatic heterocycles. The molecule has 3 heteroatoms. The number of aliphatic hydroxyl groups excluding tert-OH is 1. The fraction of sp³-hybridized carbons (Fsp3) is 0.500. The van der Waals surface area contributed by atoms with Crippen molar-refractivity contribution < 1.29 is 9.84 Å². The Balaban J connectivity index is 2.53. The monoisotopic (exact) mass is 228 g/mol. The number of halogens is 1. The van der Waals surface area contributed by atoms with Gasteiger partial charge in [-0.15, -0.1) is 0 Å². The van der Waals surface area contributed by atoms with Crippen molar-refractivity contribution in [1.29, 1.82) is 0 Å². The van der Waals surface area contributed by atoms with Gasteiger partial charge in [0.15, 0.2) is 0 Å². The van der Waals surface area contributed by atoms with Crippen molar-refractivity contribution in [2.75, 3.05) is 13.2 Å². The van der Waals surface area contributed by atoms with Gasteiger partial charge in [0.1, 0.15) is 5.75 Å². The van der Waals surface area contributed by atoms with E-state index in [9.17, 15) is 0 Å². The normalized spacial score (nSPS) is 12.9. The standard InChI is InChI=1S/C12H17ClO2/c1-9(2)10(7-14)8-15-12-6-4-3-5-11(12)13/h3-6,9-10,14H,7-8H2,1-2H3. The molecule has 1 rings (SSSR count). The molecule has 0 bridgehead atoms. The molecular formula is C12H17ClO2. The third kappa shape index (κ3) is 3.73. The third-order valence-corrected chi connectivity index (χ3v) is 2.78. The summed E-state index contributed by atoms with van der Waals surface area (Å²) in [7, 11) is 0. The summed E-state index contributed by atoms with van der Waals surface area (Å²) in [6.45, 7) is 4.77. The average Bonchev–Trinajstić information content (AvgIpc) is 2.21. The Kier molecular flexibility index (Phi) is 4.92. The number of hydrogen-bond donors (Lipinski definition) is 1. The van der Waals surface area contributed by atoms with Gasteiger partial charge < -0.3 is 9.84 Å². The van der Waals surface area contributed by atoms with Crippen molar-refractivity contribution in [2.24, 2.45) is 11.8 Å². The molecule has 0 spiro atoms. The Morgan fingerprint density at radius 3 is 2.53 bits per heavy atom. The van der Waals surface area contributed by atoms with Crippen molar-refractivity contribution in [1.82, 2.24) is 0 Å². The van der Waals surface area contributed by atoms with Gasteiger partial charge in [0, 0.05) is 12.5 Å². The Labute approximate surface area is 95.8 Å². The van der Waals surface area contributed by atoms with Crippen LogP contribution in [0, 0.1) is 11.8 Å². The molecule has 0 aliphatic carbocycles. The van der Waals surface area contributed by atoms with E-state index in [0.717, 1.165) is 0 Å². The van der Waals surface area contributed by atoms with Crippen LogP contribution in [0.1, 0.15) is 13.8 Å². The van der Waals surface area contributed by atoms with Crippen LogP contribution >= 0.6 is 11.6 Å². The van der Waals surface area contributed by atoms with Crippen molar-refractivity contribution in [2.45, 2.75) is 13.8 Å². The van der Waals surface area contributed by atoms with E-state index in [2.05, 4.69) is 13.8 Å². The lowest BCUT2D eigenvalue weighted by atomic mass is 9.98. The maximum absolute atomic E-state index is 9.13. The van der Waals surface area contributed by atoms with E-state index in [1.165, 1.54) is 0 Å². The number of aliphatic hydroxyl groups is 1. The highest BCUT2D eigenvalue weighted by Crippen LogP contribution is 2.24. The molecule has 1 aromatic rings. The molecule has 1 aromatic carbocycles. The van der Waals surface area contributed by atoms with Crippen LogP contribution in [-0.4, -0.2) is 18.3 Å². The van der Waals surface area contributed by atoms with Crippen molar-refractivity contribution >= 4 is 11.6 Å². The summed E-state index contributed by atoms with van der Waals surface area (Å²) in [5.41, 5.74) is 0. The summed E-state index contributed by atoms with van der Waals surface area (Å²) in [6, 6.07) is 7.36. The molecule has 1 unspecified atom stereocenters. The van der Waals surface area contributed by atoms with Crippen LogP contribution in [0.4, 0.5) is 0 Å². The molecule has 0 heterocycles. The minimum Gasteiger partial charge on any atom is -0.492 e. The summed E-state index contributed by atoms with van der Waals surface area (Å²) >= 11 is 5.94. The largest absolute Gasteiger partial charge is 0.492 e. The second-order valence-electron chi connectivity index (χ2n) is 3.93. The van der Waals surface area contributed by atoms with E-state index in [-0.39, 0.29) is 12.5 Å². The Bertz CT molecular complexity index is 299. The highest BCUT2D eigenvalue weighted by Gasteiger charge is 2.13. The van der Waals surface area contributed by atoms with E-state index in [1.807, 2.05) is 18.2 Å². The molecule has 0 radical (unpaired) electrons. The van der Waals surface area contributed by atoms with Crippen LogP contribution in [0.5, 0.6) is 5.75 Å². The molecule has 1 atom stereocenters. The van der Waals surface area contributed by atoms with Crippen LogP contribution in [0.2, 0.25) is 5.02 Å². The highest BCUT2D eigenvalue weighted by atomic mass is 35.5. The molecule has 84 valence electrons. The molecule has 1 N–H and O–H groups in total. The van der Waals surface area contributed by atoms with Gasteiger partial charge in [-0.25, -0.2) is 0 Å². The third-order valence-electron chi connectivity index (χ3n) is 2.47. The van der Waals surface area contributed by atoms with Gasteiger partial charge in [0.25, 0.3) is 0 Å². The van der Waals surface area contributed by atoms with Gasteiger partial charge in [-0.1, -0.05) is 37.6 Å². The first-order chi connectivity index (χ1) is 7.15. The number of para-hydroxylation sites is 1. The number of hydrogen-bond acceptors (Lipinski definition) is 2. The van der Waals surface area contributed by atoms with E-state index >= 15 is 0 Å². The zero-order valence-electron chi connectivity index (χ0n) is 9.11. The zero-order valence-corrected chi connectivity index (χ0v) is 9.87. The molecule has 0 aliphatic heterocycles. The summed E-state index contributed by atoms with van der Waals surface area (Å²) < 4.78 is 5.56. The smallest absolute Gasteiger partial charge is 0.137 e. The molecule has 0 saturated carbocycles. The predicted octanol–water partition coefficient (Wildman–Crippen LogP) is 2.98. The summed E-state index contributed by atoms with van der Waals surface area (Å²) in [5.74, 6) is 1.23. The van der Waals surface area contributed by atoms with E-state index in [0.29, 0.717) is 23.3 Å². The predicted molar refractivity (Wildman–Crippen MR) is 62.4 cm³/mol. The van der Waals surface area contributed by atoms with Crippen molar-refractivity contribution in [3.05, 3.63) is 29.3 Å². The van der Waals surface area contributed by atoms with E-state index in [1.54, 1.807) is 6.07 Å². The first-order valence-corrected chi connectivity index (χ1v) is 5.51. The fourth-order valence-electron chi connectivity index (χ4n) is 1.21. The van der Waals surface area contributed by atoms with Gasteiger partial charge in [-0.05, 0) is 18.1 Å². The zero-order chi connectivity index (χ0) is 11.3. The molecule has 0 aliphatic rings. The quantitative estimate of drug-likeness (QED) is 0.840. The van der Waals surface area contributed by atoms with Crippen molar-refractivity contribution in [3.8, 4) is 5.75 Å². The van der Waals surface area contributed by atoms with E-state index < -0.39 is 0 Å². The Morgan fingerprint density at radius 2 is 2.00 bits per heavy atom.